The zero-order valence-corrected chi connectivity index (χ0v) is 12.7. The summed E-state index contributed by atoms with van der Waals surface area (Å²) in [5, 5.41) is 3.23. The molecule has 1 aromatic rings. The maximum absolute atomic E-state index is 3.23. The minimum absolute atomic E-state index is 0.686. The number of likely N-dealkylation sites (N-methyl/N-ethyl adjacent to an activating group) is 1. The lowest BCUT2D eigenvalue weighted by atomic mass is 10.1. The van der Waals surface area contributed by atoms with Crippen LogP contribution in [0, 0.1) is 6.92 Å². The van der Waals surface area contributed by atoms with Gasteiger partial charge in [0.1, 0.15) is 0 Å². The van der Waals surface area contributed by atoms with E-state index in [1.54, 1.807) is 0 Å². The van der Waals surface area contributed by atoms with Crippen molar-refractivity contribution < 1.29 is 0 Å². The highest BCUT2D eigenvalue weighted by Gasteiger charge is 2.23. The molecule has 0 aromatic heterocycles. The fourth-order valence-electron chi connectivity index (χ4n) is 2.89. The van der Waals surface area contributed by atoms with Crippen LogP contribution in [0.4, 0.5) is 5.69 Å². The van der Waals surface area contributed by atoms with E-state index in [9.17, 15) is 0 Å². The van der Waals surface area contributed by atoms with Crippen LogP contribution in [0.25, 0.3) is 0 Å². The molecule has 1 atom stereocenters. The van der Waals surface area contributed by atoms with Crippen LogP contribution in [-0.4, -0.2) is 44.7 Å². The van der Waals surface area contributed by atoms with E-state index in [0.29, 0.717) is 6.04 Å². The molecule has 1 aliphatic heterocycles. The van der Waals surface area contributed by atoms with Gasteiger partial charge in [-0.2, -0.15) is 0 Å². The van der Waals surface area contributed by atoms with E-state index in [1.165, 1.54) is 23.2 Å². The van der Waals surface area contributed by atoms with Crippen molar-refractivity contribution in [3.63, 3.8) is 0 Å². The molecule has 19 heavy (non-hydrogen) atoms. The average Bonchev–Trinajstić information content (AvgIpc) is 2.42. The predicted octanol–water partition coefficient (Wildman–Crippen LogP) is 2.24. The largest absolute Gasteiger partial charge is 0.369 e. The third kappa shape index (κ3) is 3.28. The van der Waals surface area contributed by atoms with Crippen LogP contribution in [-0.2, 0) is 6.54 Å². The summed E-state index contributed by atoms with van der Waals surface area (Å²) in [6.45, 7) is 8.90. The molecule has 1 saturated heterocycles. The SMILES string of the molecule is CCC1CN(c2ccc(CNC)c(C)c2)CCN1C. The van der Waals surface area contributed by atoms with Crippen LogP contribution in [0.1, 0.15) is 24.5 Å². The highest BCUT2D eigenvalue weighted by atomic mass is 15.3. The number of nitrogens with one attached hydrogen (secondary N) is 1. The van der Waals surface area contributed by atoms with Crippen LogP contribution in [0.5, 0.6) is 0 Å². The first-order chi connectivity index (χ1) is 9.15. The second kappa shape index (κ2) is 6.40. The zero-order valence-electron chi connectivity index (χ0n) is 12.7. The molecule has 106 valence electrons. The third-order valence-corrected chi connectivity index (χ3v) is 4.31. The van der Waals surface area contributed by atoms with Crippen molar-refractivity contribution in [1.29, 1.82) is 0 Å². The van der Waals surface area contributed by atoms with E-state index in [0.717, 1.165) is 26.2 Å². The summed E-state index contributed by atoms with van der Waals surface area (Å²) in [7, 11) is 4.24. The van der Waals surface area contributed by atoms with Gasteiger partial charge in [-0.25, -0.2) is 0 Å². The molecule has 1 aliphatic rings. The molecule has 0 spiro atoms. The smallest absolute Gasteiger partial charge is 0.0370 e. The Balaban J connectivity index is 2.11. The van der Waals surface area contributed by atoms with Crippen molar-refractivity contribution in [3.05, 3.63) is 29.3 Å². The van der Waals surface area contributed by atoms with Gasteiger partial charge in [-0.15, -0.1) is 0 Å². The quantitative estimate of drug-likeness (QED) is 0.897. The Labute approximate surface area is 117 Å². The average molecular weight is 261 g/mol. The zero-order chi connectivity index (χ0) is 13.8. The van der Waals surface area contributed by atoms with Crippen LogP contribution < -0.4 is 10.2 Å². The van der Waals surface area contributed by atoms with Gasteiger partial charge in [0.05, 0.1) is 0 Å². The van der Waals surface area contributed by atoms with Gasteiger partial charge in [0, 0.05) is 37.9 Å². The van der Waals surface area contributed by atoms with E-state index in [-0.39, 0.29) is 0 Å². The summed E-state index contributed by atoms with van der Waals surface area (Å²) < 4.78 is 0. The number of benzene rings is 1. The predicted molar refractivity (Wildman–Crippen MR) is 82.9 cm³/mol. The van der Waals surface area contributed by atoms with Crippen molar-refractivity contribution in [2.45, 2.75) is 32.9 Å². The molecule has 0 amide bonds. The van der Waals surface area contributed by atoms with Crippen molar-refractivity contribution in [1.82, 2.24) is 10.2 Å². The highest BCUT2D eigenvalue weighted by Crippen LogP contribution is 2.22. The number of piperazine rings is 1. The summed E-state index contributed by atoms with van der Waals surface area (Å²) in [6, 6.07) is 7.56. The fourth-order valence-corrected chi connectivity index (χ4v) is 2.89. The summed E-state index contributed by atoms with van der Waals surface area (Å²) in [6.07, 6.45) is 1.23. The summed E-state index contributed by atoms with van der Waals surface area (Å²) in [5.41, 5.74) is 4.16. The lowest BCUT2D eigenvalue weighted by Gasteiger charge is -2.40. The molecular weight excluding hydrogens is 234 g/mol. The van der Waals surface area contributed by atoms with Crippen molar-refractivity contribution in [2.75, 3.05) is 38.6 Å². The van der Waals surface area contributed by atoms with Crippen LogP contribution >= 0.6 is 0 Å². The first kappa shape index (κ1) is 14.4. The maximum atomic E-state index is 3.23. The molecule has 3 heteroatoms. The second-order valence-electron chi connectivity index (χ2n) is 5.63. The normalized spacial score (nSPS) is 20.8. The Morgan fingerprint density at radius 1 is 1.32 bits per heavy atom. The maximum Gasteiger partial charge on any atom is 0.0370 e. The van der Waals surface area contributed by atoms with Gasteiger partial charge in [0.25, 0.3) is 0 Å². The van der Waals surface area contributed by atoms with E-state index in [4.69, 9.17) is 0 Å². The number of nitrogens with zero attached hydrogens (tertiary/aromatic N) is 2. The van der Waals surface area contributed by atoms with Crippen LogP contribution in [0.3, 0.4) is 0 Å². The number of hydrogen-bond donors (Lipinski definition) is 1. The second-order valence-corrected chi connectivity index (χ2v) is 5.63. The Kier molecular flexibility index (Phi) is 4.83. The van der Waals surface area contributed by atoms with Gasteiger partial charge in [-0.1, -0.05) is 13.0 Å². The standard InChI is InChI=1S/C16H27N3/c1-5-15-12-19(9-8-18(15)4)16-7-6-14(11-17-3)13(2)10-16/h6-7,10,15,17H,5,8-9,11-12H2,1-4H3. The van der Waals surface area contributed by atoms with Crippen LogP contribution in [0.2, 0.25) is 0 Å². The lowest BCUT2D eigenvalue weighted by molar-refractivity contribution is 0.213. The molecule has 1 N–H and O–H groups in total. The van der Waals surface area contributed by atoms with E-state index >= 15 is 0 Å². The Morgan fingerprint density at radius 2 is 2.11 bits per heavy atom. The molecule has 1 aromatic carbocycles. The number of aryl methyl sites for hydroxylation is 1. The number of anilines is 1. The number of hydrogen-bond acceptors (Lipinski definition) is 3. The number of rotatable bonds is 4. The molecule has 1 heterocycles. The van der Waals surface area contributed by atoms with Gasteiger partial charge in [0.2, 0.25) is 0 Å². The molecule has 1 unspecified atom stereocenters. The highest BCUT2D eigenvalue weighted by molar-refractivity contribution is 5.51. The van der Waals surface area contributed by atoms with Gasteiger partial charge in [0.15, 0.2) is 0 Å². The van der Waals surface area contributed by atoms with Gasteiger partial charge < -0.3 is 10.2 Å². The Hall–Kier alpha value is -1.06. The molecule has 0 bridgehead atoms. The Morgan fingerprint density at radius 3 is 2.74 bits per heavy atom. The van der Waals surface area contributed by atoms with Gasteiger partial charge in [-0.05, 0) is 50.7 Å². The Bertz CT molecular complexity index is 416. The topological polar surface area (TPSA) is 18.5 Å². The van der Waals surface area contributed by atoms with Crippen molar-refractivity contribution in [2.24, 2.45) is 0 Å². The van der Waals surface area contributed by atoms with Crippen molar-refractivity contribution >= 4 is 5.69 Å². The molecule has 0 aliphatic carbocycles. The van der Waals surface area contributed by atoms with E-state index in [1.807, 2.05) is 7.05 Å². The minimum Gasteiger partial charge on any atom is -0.369 e. The summed E-state index contributed by atoms with van der Waals surface area (Å²) in [4.78, 5) is 5.02. The lowest BCUT2D eigenvalue weighted by Crippen LogP contribution is -2.51. The van der Waals surface area contributed by atoms with Gasteiger partial charge >= 0.3 is 0 Å². The molecule has 0 radical (unpaired) electrons. The fraction of sp³-hybridized carbons (Fsp3) is 0.625. The van der Waals surface area contributed by atoms with Gasteiger partial charge in [-0.3, -0.25) is 4.90 Å². The van der Waals surface area contributed by atoms with Crippen LogP contribution in [0.15, 0.2) is 18.2 Å². The molecule has 1 fully saturated rings. The first-order valence-electron chi connectivity index (χ1n) is 7.35. The summed E-state index contributed by atoms with van der Waals surface area (Å²) >= 11 is 0. The molecule has 3 nitrogen and oxygen atoms in total. The molecular formula is C16H27N3. The van der Waals surface area contributed by atoms with E-state index in [2.05, 4.69) is 54.2 Å². The molecule has 2 rings (SSSR count). The third-order valence-electron chi connectivity index (χ3n) is 4.31. The summed E-state index contributed by atoms with van der Waals surface area (Å²) in [5.74, 6) is 0. The minimum atomic E-state index is 0.686. The van der Waals surface area contributed by atoms with E-state index < -0.39 is 0 Å². The first-order valence-corrected chi connectivity index (χ1v) is 7.35. The molecule has 0 saturated carbocycles. The monoisotopic (exact) mass is 261 g/mol. The van der Waals surface area contributed by atoms with Crippen molar-refractivity contribution in [3.8, 4) is 0 Å².